The van der Waals surface area contributed by atoms with E-state index in [0.717, 1.165) is 31.5 Å². The first-order valence-electron chi connectivity index (χ1n) is 9.79. The molecule has 2 amide bonds. The van der Waals surface area contributed by atoms with Crippen LogP contribution in [0.1, 0.15) is 37.3 Å². The summed E-state index contributed by atoms with van der Waals surface area (Å²) in [5.74, 6) is 1.39. The lowest BCUT2D eigenvalue weighted by molar-refractivity contribution is -0.139. The maximum absolute atomic E-state index is 12.7. The average molecular weight is 380 g/mol. The van der Waals surface area contributed by atoms with E-state index in [-0.39, 0.29) is 24.3 Å². The Morgan fingerprint density at radius 2 is 2.00 bits per heavy atom. The highest BCUT2D eigenvalue weighted by atomic mass is 16.5. The first-order valence-corrected chi connectivity index (χ1v) is 9.79. The Balaban J connectivity index is 1.40. The molecule has 0 bridgehead atoms. The van der Waals surface area contributed by atoms with Gasteiger partial charge in [-0.1, -0.05) is 18.2 Å². The number of benzene rings is 1. The van der Waals surface area contributed by atoms with E-state index in [9.17, 15) is 9.59 Å². The van der Waals surface area contributed by atoms with E-state index in [0.29, 0.717) is 31.1 Å². The molecule has 0 spiro atoms. The molecule has 2 aromatic rings. The van der Waals surface area contributed by atoms with Crippen LogP contribution < -0.4 is 4.74 Å². The van der Waals surface area contributed by atoms with Gasteiger partial charge in [0.25, 0.3) is 0 Å². The van der Waals surface area contributed by atoms with Crippen LogP contribution in [0.15, 0.2) is 42.7 Å². The number of hydrogen-bond acceptors (Lipinski definition) is 5. The highest BCUT2D eigenvalue weighted by Crippen LogP contribution is 2.27. The Morgan fingerprint density at radius 3 is 2.79 bits per heavy atom. The zero-order valence-corrected chi connectivity index (χ0v) is 15.8. The number of hydrogen-bond donors (Lipinski definition) is 0. The van der Waals surface area contributed by atoms with Crippen molar-refractivity contribution in [3.8, 4) is 11.6 Å². The summed E-state index contributed by atoms with van der Waals surface area (Å²) in [4.78, 5) is 36.9. The van der Waals surface area contributed by atoms with Crippen molar-refractivity contribution in [2.24, 2.45) is 0 Å². The van der Waals surface area contributed by atoms with Gasteiger partial charge in [-0.15, -0.1) is 0 Å². The molecule has 146 valence electrons. The van der Waals surface area contributed by atoms with Gasteiger partial charge in [0, 0.05) is 38.2 Å². The Bertz CT molecular complexity index is 843. The minimum Gasteiger partial charge on any atom is -0.437 e. The van der Waals surface area contributed by atoms with Crippen molar-refractivity contribution < 1.29 is 14.3 Å². The molecule has 2 saturated heterocycles. The molecule has 0 saturated carbocycles. The van der Waals surface area contributed by atoms with Crippen LogP contribution in [0.5, 0.6) is 11.6 Å². The number of likely N-dealkylation sites (tertiary alicyclic amines) is 2. The number of piperidine rings is 1. The summed E-state index contributed by atoms with van der Waals surface area (Å²) in [7, 11) is 0. The molecule has 7 heteroatoms. The van der Waals surface area contributed by atoms with E-state index < -0.39 is 0 Å². The molecule has 0 aliphatic carbocycles. The van der Waals surface area contributed by atoms with Gasteiger partial charge in [-0.2, -0.15) is 0 Å². The van der Waals surface area contributed by atoms with Gasteiger partial charge in [-0.25, -0.2) is 4.98 Å². The second kappa shape index (κ2) is 8.37. The maximum atomic E-state index is 12.7. The van der Waals surface area contributed by atoms with E-state index in [1.165, 1.54) is 0 Å². The van der Waals surface area contributed by atoms with Crippen LogP contribution in [0.25, 0.3) is 0 Å². The van der Waals surface area contributed by atoms with Gasteiger partial charge in [-0.05, 0) is 31.4 Å². The first kappa shape index (κ1) is 18.4. The summed E-state index contributed by atoms with van der Waals surface area (Å²) in [6.45, 7) is 2.20. The summed E-state index contributed by atoms with van der Waals surface area (Å²) in [6, 6.07) is 9.48. The molecule has 1 atom stereocenters. The van der Waals surface area contributed by atoms with Crippen LogP contribution in [0.4, 0.5) is 0 Å². The molecule has 28 heavy (non-hydrogen) atoms. The molecule has 3 heterocycles. The summed E-state index contributed by atoms with van der Waals surface area (Å²) in [5.41, 5.74) is 0.836. The molecule has 7 nitrogen and oxygen atoms in total. The van der Waals surface area contributed by atoms with Crippen LogP contribution in [0.2, 0.25) is 0 Å². The van der Waals surface area contributed by atoms with Crippen molar-refractivity contribution in [3.05, 3.63) is 48.4 Å². The van der Waals surface area contributed by atoms with Gasteiger partial charge in [0.2, 0.25) is 17.7 Å². The lowest BCUT2D eigenvalue weighted by Crippen LogP contribution is -2.45. The predicted molar refractivity (Wildman–Crippen MR) is 103 cm³/mol. The second-order valence-corrected chi connectivity index (χ2v) is 7.30. The smallest absolute Gasteiger partial charge is 0.242 e. The topological polar surface area (TPSA) is 75.6 Å². The van der Waals surface area contributed by atoms with Crippen molar-refractivity contribution >= 4 is 11.8 Å². The third-order valence-corrected chi connectivity index (χ3v) is 5.29. The molecule has 0 radical (unpaired) electrons. The minimum atomic E-state index is 0.0181. The van der Waals surface area contributed by atoms with Crippen molar-refractivity contribution in [2.45, 2.75) is 31.6 Å². The third kappa shape index (κ3) is 4.30. The fraction of sp³-hybridized carbons (Fsp3) is 0.429. The monoisotopic (exact) mass is 380 g/mol. The molecule has 4 rings (SSSR count). The van der Waals surface area contributed by atoms with Crippen LogP contribution >= 0.6 is 0 Å². The van der Waals surface area contributed by atoms with E-state index in [1.807, 2.05) is 35.2 Å². The van der Waals surface area contributed by atoms with Crippen molar-refractivity contribution in [1.29, 1.82) is 0 Å². The molecular weight excluding hydrogens is 356 g/mol. The van der Waals surface area contributed by atoms with Crippen LogP contribution in [-0.4, -0.2) is 57.8 Å². The Labute approximate surface area is 164 Å². The molecular formula is C21H24N4O3. The largest absolute Gasteiger partial charge is 0.437 e. The summed E-state index contributed by atoms with van der Waals surface area (Å²) >= 11 is 0. The van der Waals surface area contributed by atoms with Crippen LogP contribution in [0.3, 0.4) is 0 Å². The highest BCUT2D eigenvalue weighted by molar-refractivity contribution is 5.86. The number of nitrogens with zero attached hydrogens (tertiary/aromatic N) is 4. The lowest BCUT2D eigenvalue weighted by Gasteiger charge is -2.33. The van der Waals surface area contributed by atoms with Gasteiger partial charge in [0.05, 0.1) is 18.4 Å². The molecule has 0 unspecified atom stereocenters. The third-order valence-electron chi connectivity index (χ3n) is 5.29. The zero-order valence-electron chi connectivity index (χ0n) is 15.8. The Morgan fingerprint density at radius 1 is 1.14 bits per heavy atom. The molecule has 2 aliphatic rings. The first-order chi connectivity index (χ1) is 13.7. The van der Waals surface area contributed by atoms with E-state index in [1.54, 1.807) is 17.3 Å². The molecule has 2 aliphatic heterocycles. The minimum absolute atomic E-state index is 0.0181. The fourth-order valence-electron chi connectivity index (χ4n) is 3.80. The number of ether oxygens (including phenoxy) is 1. The van der Waals surface area contributed by atoms with Crippen LogP contribution in [0, 0.1) is 0 Å². The van der Waals surface area contributed by atoms with Crippen molar-refractivity contribution in [2.75, 3.05) is 26.2 Å². The number of carbonyl (C=O) groups is 2. The molecule has 1 aromatic heterocycles. The Kier molecular flexibility index (Phi) is 5.50. The number of para-hydroxylation sites is 1. The predicted octanol–water partition coefficient (Wildman–Crippen LogP) is 2.60. The van der Waals surface area contributed by atoms with Crippen molar-refractivity contribution in [1.82, 2.24) is 19.8 Å². The van der Waals surface area contributed by atoms with E-state index in [4.69, 9.17) is 4.74 Å². The molecule has 0 N–H and O–H groups in total. The summed E-state index contributed by atoms with van der Waals surface area (Å²) in [6.07, 6.45) is 6.62. The zero-order chi connectivity index (χ0) is 19.3. The number of amides is 2. The lowest BCUT2D eigenvalue weighted by atomic mass is 9.95. The summed E-state index contributed by atoms with van der Waals surface area (Å²) < 4.78 is 5.79. The van der Waals surface area contributed by atoms with Crippen LogP contribution in [-0.2, 0) is 9.59 Å². The van der Waals surface area contributed by atoms with Crippen molar-refractivity contribution in [3.63, 3.8) is 0 Å². The Hall–Kier alpha value is -2.96. The quantitative estimate of drug-likeness (QED) is 0.797. The standard InChI is InChI=1S/C21H24N4O3/c26-20-9-5-11-25(20)15-21(27)24-10-4-6-16(14-24)18-12-22-13-19(23-18)28-17-7-2-1-3-8-17/h1-3,7-8,12-13,16H,4-6,9-11,14-15H2/t16-/m1/s1. The van der Waals surface area contributed by atoms with Gasteiger partial charge < -0.3 is 14.5 Å². The maximum Gasteiger partial charge on any atom is 0.242 e. The normalized spacial score (nSPS) is 19.7. The summed E-state index contributed by atoms with van der Waals surface area (Å²) in [5, 5.41) is 0. The molecule has 2 fully saturated rings. The van der Waals surface area contributed by atoms with Gasteiger partial charge in [0.15, 0.2) is 0 Å². The van der Waals surface area contributed by atoms with Gasteiger partial charge in [0.1, 0.15) is 5.75 Å². The van der Waals surface area contributed by atoms with Gasteiger partial charge >= 0.3 is 0 Å². The highest BCUT2D eigenvalue weighted by Gasteiger charge is 2.29. The number of rotatable bonds is 5. The number of aromatic nitrogens is 2. The fourth-order valence-corrected chi connectivity index (χ4v) is 3.80. The second-order valence-electron chi connectivity index (χ2n) is 7.30. The number of carbonyl (C=O) groups excluding carboxylic acids is 2. The van der Waals surface area contributed by atoms with E-state index >= 15 is 0 Å². The average Bonchev–Trinajstić information content (AvgIpc) is 3.13. The molecule has 1 aromatic carbocycles. The van der Waals surface area contributed by atoms with Gasteiger partial charge in [-0.3, -0.25) is 14.6 Å². The van der Waals surface area contributed by atoms with E-state index in [2.05, 4.69) is 9.97 Å². The SMILES string of the molecule is O=C1CCCN1CC(=O)N1CCC[C@@H](c2cncc(Oc3ccccc3)n2)C1.